The molecule has 1 aromatic heterocycles. The Bertz CT molecular complexity index is 1220. The zero-order valence-corrected chi connectivity index (χ0v) is 19.0. The van der Waals surface area contributed by atoms with E-state index in [0.29, 0.717) is 30.0 Å². The fourth-order valence-electron chi connectivity index (χ4n) is 4.42. The molecule has 0 saturated carbocycles. The smallest absolute Gasteiger partial charge is 0.322 e. The average Bonchev–Trinajstić information content (AvgIpc) is 3.54. The molecule has 2 amide bonds. The maximum Gasteiger partial charge on any atom is 0.322 e. The van der Waals surface area contributed by atoms with E-state index in [0.717, 1.165) is 18.4 Å². The predicted octanol–water partition coefficient (Wildman–Crippen LogP) is 4.56. The Morgan fingerprint density at radius 1 is 1.24 bits per heavy atom. The number of ether oxygens (including phenoxy) is 2. The molecule has 3 heterocycles. The number of urea groups is 1. The van der Waals surface area contributed by atoms with Gasteiger partial charge in [-0.2, -0.15) is 4.98 Å². The highest BCUT2D eigenvalue weighted by molar-refractivity contribution is 5.87. The number of carbonyl (C=O) groups excluding carboxylic acids is 1. The molecule has 2 atom stereocenters. The van der Waals surface area contributed by atoms with Gasteiger partial charge in [0.25, 0.3) is 5.89 Å². The van der Waals surface area contributed by atoms with Crippen molar-refractivity contribution in [2.24, 2.45) is 0 Å². The van der Waals surface area contributed by atoms with E-state index in [4.69, 9.17) is 14.0 Å². The van der Waals surface area contributed by atoms with Crippen LogP contribution < -0.4 is 10.1 Å². The van der Waals surface area contributed by atoms with Crippen molar-refractivity contribution in [2.75, 3.05) is 20.3 Å². The molecular formula is C25H25FN4O4. The first-order chi connectivity index (χ1) is 16.5. The predicted molar refractivity (Wildman–Crippen MR) is 122 cm³/mol. The van der Waals surface area contributed by atoms with Crippen molar-refractivity contribution in [3.05, 3.63) is 71.5 Å². The van der Waals surface area contributed by atoms with Crippen LogP contribution in [-0.4, -0.2) is 47.4 Å². The second-order valence-corrected chi connectivity index (χ2v) is 8.31. The minimum absolute atomic E-state index is 0.0178. The fraction of sp³-hybridized carbons (Fsp3) is 0.320. The van der Waals surface area contributed by atoms with Gasteiger partial charge in [-0.1, -0.05) is 35.5 Å². The van der Waals surface area contributed by atoms with Crippen LogP contribution in [0.3, 0.4) is 0 Å². The molecule has 1 fully saturated rings. The van der Waals surface area contributed by atoms with Gasteiger partial charge in [0.05, 0.1) is 31.4 Å². The third kappa shape index (κ3) is 4.14. The molecule has 8 nitrogen and oxygen atoms in total. The minimum atomic E-state index is -0.517. The van der Waals surface area contributed by atoms with Crippen molar-refractivity contribution in [3.8, 4) is 17.1 Å². The number of amides is 2. The van der Waals surface area contributed by atoms with Gasteiger partial charge >= 0.3 is 6.03 Å². The molecule has 2 aliphatic heterocycles. The molecule has 2 unspecified atom stereocenters. The SMILES string of the molecule is COc1ccc(-c2noc(C3=C(C)N(CC4CCCO4)C(=O)NC3c3ccccc3)n2)cc1F. The Labute approximate surface area is 196 Å². The first-order valence-electron chi connectivity index (χ1n) is 11.2. The van der Waals surface area contributed by atoms with Crippen LogP contribution in [0.2, 0.25) is 0 Å². The van der Waals surface area contributed by atoms with Crippen LogP contribution in [0.25, 0.3) is 17.0 Å². The third-order valence-corrected chi connectivity index (χ3v) is 6.21. The van der Waals surface area contributed by atoms with Crippen molar-refractivity contribution in [1.82, 2.24) is 20.4 Å². The molecule has 0 bridgehead atoms. The lowest BCUT2D eigenvalue weighted by Crippen LogP contribution is -2.48. The van der Waals surface area contributed by atoms with Crippen LogP contribution in [0, 0.1) is 5.82 Å². The van der Waals surface area contributed by atoms with Gasteiger partial charge in [0, 0.05) is 17.9 Å². The molecule has 9 heteroatoms. The number of halogens is 1. The summed E-state index contributed by atoms with van der Waals surface area (Å²) in [6.07, 6.45) is 1.87. The van der Waals surface area contributed by atoms with Crippen molar-refractivity contribution < 1.29 is 23.2 Å². The number of nitrogens with zero attached hydrogens (tertiary/aromatic N) is 3. The van der Waals surface area contributed by atoms with Crippen molar-refractivity contribution in [2.45, 2.75) is 31.9 Å². The topological polar surface area (TPSA) is 89.7 Å². The molecule has 1 saturated heterocycles. The van der Waals surface area contributed by atoms with Crippen LogP contribution in [0.5, 0.6) is 5.75 Å². The Kier molecular flexibility index (Phi) is 6.02. The van der Waals surface area contributed by atoms with Crippen LogP contribution in [0.4, 0.5) is 9.18 Å². The maximum atomic E-state index is 14.2. The highest BCUT2D eigenvalue weighted by Gasteiger charge is 2.37. The Morgan fingerprint density at radius 3 is 2.76 bits per heavy atom. The molecule has 0 radical (unpaired) electrons. The Balaban J connectivity index is 1.55. The van der Waals surface area contributed by atoms with Gasteiger partial charge in [-0.05, 0) is 43.5 Å². The summed E-state index contributed by atoms with van der Waals surface area (Å²) in [5, 5.41) is 7.16. The summed E-state index contributed by atoms with van der Waals surface area (Å²) in [5.41, 5.74) is 2.75. The number of hydrogen-bond acceptors (Lipinski definition) is 6. The normalized spacial score (nSPS) is 20.6. The molecule has 0 aliphatic carbocycles. The number of carbonyl (C=O) groups is 1. The summed E-state index contributed by atoms with van der Waals surface area (Å²) < 4.78 is 30.6. The lowest BCUT2D eigenvalue weighted by molar-refractivity contribution is 0.0877. The van der Waals surface area contributed by atoms with Gasteiger partial charge < -0.3 is 19.3 Å². The standard InChI is InChI=1S/C25H25FN4O4/c1-15-21(24-28-23(29-34-24)17-10-11-20(32-2)19(26)13-17)22(16-7-4-3-5-8-16)27-25(31)30(15)14-18-9-6-12-33-18/h3-5,7-8,10-11,13,18,22H,6,9,12,14H2,1-2H3,(H,27,31). The minimum Gasteiger partial charge on any atom is -0.494 e. The van der Waals surface area contributed by atoms with Gasteiger partial charge in [-0.3, -0.25) is 4.90 Å². The number of nitrogens with one attached hydrogen (secondary N) is 1. The molecule has 5 rings (SSSR count). The number of allylic oxidation sites excluding steroid dienone is 1. The Hall–Kier alpha value is -3.72. The molecular weight excluding hydrogens is 439 g/mol. The molecule has 0 spiro atoms. The summed E-state index contributed by atoms with van der Waals surface area (Å²) in [6.45, 7) is 3.01. The van der Waals surface area contributed by atoms with E-state index in [1.807, 2.05) is 37.3 Å². The number of hydrogen-bond donors (Lipinski definition) is 1. The number of aromatic nitrogens is 2. The van der Waals surface area contributed by atoms with Crippen LogP contribution in [0.15, 0.2) is 58.8 Å². The first-order valence-corrected chi connectivity index (χ1v) is 11.2. The van der Waals surface area contributed by atoms with Gasteiger partial charge in [0.2, 0.25) is 5.82 Å². The van der Waals surface area contributed by atoms with E-state index < -0.39 is 11.9 Å². The molecule has 2 aromatic carbocycles. The van der Waals surface area contributed by atoms with Crippen molar-refractivity contribution in [3.63, 3.8) is 0 Å². The zero-order valence-electron chi connectivity index (χ0n) is 19.0. The quantitative estimate of drug-likeness (QED) is 0.575. The van der Waals surface area contributed by atoms with Crippen LogP contribution >= 0.6 is 0 Å². The lowest BCUT2D eigenvalue weighted by Gasteiger charge is -2.36. The summed E-state index contributed by atoms with van der Waals surface area (Å²) in [6, 6.07) is 13.4. The van der Waals surface area contributed by atoms with Crippen LogP contribution in [0.1, 0.15) is 37.3 Å². The second kappa shape index (κ2) is 9.26. The molecule has 34 heavy (non-hydrogen) atoms. The van der Waals surface area contributed by atoms with E-state index in [2.05, 4.69) is 15.5 Å². The number of benzene rings is 2. The molecule has 176 valence electrons. The largest absolute Gasteiger partial charge is 0.494 e. The van der Waals surface area contributed by atoms with E-state index in [-0.39, 0.29) is 29.6 Å². The van der Waals surface area contributed by atoms with E-state index >= 15 is 0 Å². The summed E-state index contributed by atoms with van der Waals surface area (Å²) in [4.78, 5) is 19.3. The summed E-state index contributed by atoms with van der Waals surface area (Å²) in [5.74, 6) is 0.118. The van der Waals surface area contributed by atoms with Gasteiger partial charge in [0.1, 0.15) is 0 Å². The summed E-state index contributed by atoms with van der Waals surface area (Å²) >= 11 is 0. The number of methoxy groups -OCH3 is 1. The Morgan fingerprint density at radius 2 is 2.06 bits per heavy atom. The van der Waals surface area contributed by atoms with Gasteiger partial charge in [-0.25, -0.2) is 9.18 Å². The van der Waals surface area contributed by atoms with Gasteiger partial charge in [-0.15, -0.1) is 0 Å². The molecule has 2 aliphatic rings. The highest BCUT2D eigenvalue weighted by Crippen LogP contribution is 2.38. The average molecular weight is 464 g/mol. The zero-order chi connectivity index (χ0) is 23.7. The molecule has 1 N–H and O–H groups in total. The van der Waals surface area contributed by atoms with E-state index in [1.54, 1.807) is 11.0 Å². The van der Waals surface area contributed by atoms with Crippen LogP contribution in [-0.2, 0) is 4.74 Å². The van der Waals surface area contributed by atoms with E-state index in [1.165, 1.54) is 19.2 Å². The monoisotopic (exact) mass is 464 g/mol. The maximum absolute atomic E-state index is 14.2. The summed E-state index contributed by atoms with van der Waals surface area (Å²) in [7, 11) is 1.41. The molecule has 3 aromatic rings. The lowest BCUT2D eigenvalue weighted by atomic mass is 9.94. The second-order valence-electron chi connectivity index (χ2n) is 8.31. The highest BCUT2D eigenvalue weighted by atomic mass is 19.1. The van der Waals surface area contributed by atoms with E-state index in [9.17, 15) is 9.18 Å². The third-order valence-electron chi connectivity index (χ3n) is 6.21. The fourth-order valence-corrected chi connectivity index (χ4v) is 4.42. The first kappa shape index (κ1) is 22.1. The van der Waals surface area contributed by atoms with Crippen molar-refractivity contribution >= 4 is 11.6 Å². The van der Waals surface area contributed by atoms with Gasteiger partial charge in [0.15, 0.2) is 11.6 Å². The number of rotatable bonds is 6. The van der Waals surface area contributed by atoms with Crippen molar-refractivity contribution in [1.29, 1.82) is 0 Å².